The van der Waals surface area contributed by atoms with E-state index in [0.29, 0.717) is 0 Å². The molecule has 0 spiro atoms. The van der Waals surface area contributed by atoms with E-state index in [1.807, 2.05) is 0 Å². The number of aliphatic carboxylic acids is 1. The predicted octanol–water partition coefficient (Wildman–Crippen LogP) is 2.56. The van der Waals surface area contributed by atoms with Crippen LogP contribution in [0.1, 0.15) is 12.8 Å². The third-order valence-corrected chi connectivity index (χ3v) is 3.13. The van der Waals surface area contributed by atoms with Crippen LogP contribution in [-0.2, 0) is 4.79 Å². The molecule has 0 fully saturated rings. The molecule has 0 bridgehead atoms. The zero-order valence-electron chi connectivity index (χ0n) is 9.67. The van der Waals surface area contributed by atoms with Gasteiger partial charge in [-0.2, -0.15) is 0 Å². The third kappa shape index (κ3) is 5.37. The lowest BCUT2D eigenvalue weighted by atomic mass is 10.3. The number of hydrogen-bond donors (Lipinski definition) is 3. The van der Waals surface area contributed by atoms with Crippen LogP contribution in [0.4, 0.5) is 19.3 Å². The van der Waals surface area contributed by atoms with Gasteiger partial charge in [0.1, 0.15) is 11.6 Å². The number of amides is 2. The van der Waals surface area contributed by atoms with E-state index in [-0.39, 0.29) is 28.6 Å². The quantitative estimate of drug-likeness (QED) is 0.415. The van der Waals surface area contributed by atoms with Crippen molar-refractivity contribution in [2.45, 2.75) is 12.8 Å². The number of benzene rings is 1. The molecule has 0 aliphatic rings. The number of carbonyl (C=O) groups is 2. The van der Waals surface area contributed by atoms with E-state index >= 15 is 0 Å². The van der Waals surface area contributed by atoms with E-state index < -0.39 is 23.6 Å². The van der Waals surface area contributed by atoms with Gasteiger partial charge in [-0.3, -0.25) is 4.79 Å². The zero-order valence-corrected chi connectivity index (χ0v) is 11.8. The number of halogens is 3. The third-order valence-electron chi connectivity index (χ3n) is 2.09. The molecular formula is C11H11F2IN2O3. The first-order chi connectivity index (χ1) is 8.90. The summed E-state index contributed by atoms with van der Waals surface area (Å²) in [7, 11) is 0. The fourth-order valence-corrected chi connectivity index (χ4v) is 1.56. The second-order valence-corrected chi connectivity index (χ2v) is 4.71. The molecule has 1 rings (SSSR count). The van der Waals surface area contributed by atoms with Gasteiger partial charge in [0.25, 0.3) is 0 Å². The van der Waals surface area contributed by atoms with Crippen molar-refractivity contribution in [3.05, 3.63) is 27.3 Å². The number of carboxylic acid groups (broad SMARTS) is 1. The molecule has 8 heteroatoms. The highest BCUT2D eigenvalue weighted by Gasteiger charge is 2.10. The number of carbonyl (C=O) groups excluding carboxylic acids is 1. The van der Waals surface area contributed by atoms with Crippen LogP contribution in [0.2, 0.25) is 0 Å². The van der Waals surface area contributed by atoms with Crippen molar-refractivity contribution in [3.8, 4) is 0 Å². The van der Waals surface area contributed by atoms with Crippen molar-refractivity contribution in [3.63, 3.8) is 0 Å². The lowest BCUT2D eigenvalue weighted by Gasteiger charge is -2.08. The van der Waals surface area contributed by atoms with Crippen molar-refractivity contribution in [1.82, 2.24) is 5.32 Å². The Morgan fingerprint density at radius 2 is 1.84 bits per heavy atom. The lowest BCUT2D eigenvalue weighted by molar-refractivity contribution is -0.137. The largest absolute Gasteiger partial charge is 0.481 e. The second kappa shape index (κ2) is 7.22. The van der Waals surface area contributed by atoms with Crippen LogP contribution in [0.5, 0.6) is 0 Å². The first-order valence-electron chi connectivity index (χ1n) is 5.31. The van der Waals surface area contributed by atoms with Crippen LogP contribution in [0.25, 0.3) is 0 Å². The number of rotatable bonds is 5. The molecule has 0 aromatic heterocycles. The molecule has 2 amide bonds. The van der Waals surface area contributed by atoms with Crippen LogP contribution in [0.15, 0.2) is 12.1 Å². The molecule has 104 valence electrons. The molecule has 0 atom stereocenters. The van der Waals surface area contributed by atoms with E-state index in [4.69, 9.17) is 5.11 Å². The predicted molar refractivity (Wildman–Crippen MR) is 73.0 cm³/mol. The molecule has 0 unspecified atom stereocenters. The molecule has 0 saturated carbocycles. The summed E-state index contributed by atoms with van der Waals surface area (Å²) >= 11 is 1.52. The van der Waals surface area contributed by atoms with Gasteiger partial charge in [0.05, 0.1) is 3.57 Å². The van der Waals surface area contributed by atoms with Crippen molar-refractivity contribution < 1.29 is 23.5 Å². The topological polar surface area (TPSA) is 78.4 Å². The van der Waals surface area contributed by atoms with Crippen LogP contribution in [0, 0.1) is 15.2 Å². The maximum absolute atomic E-state index is 13.2. The van der Waals surface area contributed by atoms with Crippen molar-refractivity contribution >= 4 is 40.3 Å². The number of hydrogen-bond acceptors (Lipinski definition) is 2. The van der Waals surface area contributed by atoms with Crippen molar-refractivity contribution in [2.24, 2.45) is 0 Å². The summed E-state index contributed by atoms with van der Waals surface area (Å²) in [5.74, 6) is -2.48. The number of carboxylic acids is 1. The normalized spacial score (nSPS) is 10.1. The summed E-state index contributed by atoms with van der Waals surface area (Å²) in [4.78, 5) is 21.6. The summed E-state index contributed by atoms with van der Waals surface area (Å²) < 4.78 is 26.3. The van der Waals surface area contributed by atoms with Gasteiger partial charge in [0.15, 0.2) is 0 Å². The first kappa shape index (κ1) is 15.6. The van der Waals surface area contributed by atoms with Crippen LogP contribution < -0.4 is 10.6 Å². The number of urea groups is 1. The van der Waals surface area contributed by atoms with Crippen molar-refractivity contribution in [1.29, 1.82) is 0 Å². The average molecular weight is 384 g/mol. The molecular weight excluding hydrogens is 373 g/mol. The van der Waals surface area contributed by atoms with Gasteiger partial charge >= 0.3 is 12.0 Å². The molecule has 0 heterocycles. The molecule has 0 aliphatic heterocycles. The molecule has 19 heavy (non-hydrogen) atoms. The second-order valence-electron chi connectivity index (χ2n) is 3.63. The lowest BCUT2D eigenvalue weighted by Crippen LogP contribution is -2.29. The summed E-state index contributed by atoms with van der Waals surface area (Å²) in [6.45, 7) is 0.160. The highest BCUT2D eigenvalue weighted by atomic mass is 127. The molecule has 0 radical (unpaired) electrons. The molecule has 1 aromatic rings. The molecule has 0 aliphatic carbocycles. The van der Waals surface area contributed by atoms with Gasteiger partial charge in [-0.1, -0.05) is 0 Å². The Hall–Kier alpha value is -1.45. The Morgan fingerprint density at radius 3 is 2.37 bits per heavy atom. The fraction of sp³-hybridized carbons (Fsp3) is 0.273. The van der Waals surface area contributed by atoms with Gasteiger partial charge < -0.3 is 15.7 Å². The van der Waals surface area contributed by atoms with E-state index in [2.05, 4.69) is 10.6 Å². The molecule has 0 saturated heterocycles. The standard InChI is InChI=1S/C11H11F2IN2O3/c12-7-4-6(5-8(13)10(7)14)16-11(19)15-3-1-2-9(17)18/h4-5H,1-3H2,(H,17,18)(H2,15,16,19). The number of anilines is 1. The zero-order chi connectivity index (χ0) is 14.4. The fourth-order valence-electron chi connectivity index (χ4n) is 1.24. The number of nitrogens with one attached hydrogen (secondary N) is 2. The van der Waals surface area contributed by atoms with Crippen molar-refractivity contribution in [2.75, 3.05) is 11.9 Å². The Labute approximate surface area is 121 Å². The van der Waals surface area contributed by atoms with Gasteiger partial charge in [0, 0.05) is 18.7 Å². The highest BCUT2D eigenvalue weighted by molar-refractivity contribution is 14.1. The van der Waals surface area contributed by atoms with Crippen LogP contribution in [0.3, 0.4) is 0 Å². The Morgan fingerprint density at radius 1 is 1.26 bits per heavy atom. The Bertz CT molecular complexity index is 474. The van der Waals surface area contributed by atoms with Gasteiger partial charge in [-0.05, 0) is 41.1 Å². The molecule has 1 aromatic carbocycles. The summed E-state index contributed by atoms with van der Waals surface area (Å²) in [6, 6.07) is 1.36. The monoisotopic (exact) mass is 384 g/mol. The van der Waals surface area contributed by atoms with Crippen LogP contribution >= 0.6 is 22.6 Å². The SMILES string of the molecule is O=C(O)CCCNC(=O)Nc1cc(F)c(I)c(F)c1. The maximum atomic E-state index is 13.2. The maximum Gasteiger partial charge on any atom is 0.319 e. The smallest absolute Gasteiger partial charge is 0.319 e. The Kier molecular flexibility index (Phi) is 5.93. The van der Waals surface area contributed by atoms with Gasteiger partial charge in [-0.25, -0.2) is 13.6 Å². The Balaban J connectivity index is 2.46. The minimum absolute atomic E-state index is 0.00819. The molecule has 3 N–H and O–H groups in total. The van der Waals surface area contributed by atoms with E-state index in [1.54, 1.807) is 0 Å². The summed E-state index contributed by atoms with van der Waals surface area (Å²) in [6.07, 6.45) is 0.214. The first-order valence-corrected chi connectivity index (χ1v) is 6.39. The minimum Gasteiger partial charge on any atom is -0.481 e. The van der Waals surface area contributed by atoms with Gasteiger partial charge in [0.2, 0.25) is 0 Å². The molecule has 5 nitrogen and oxygen atoms in total. The highest BCUT2D eigenvalue weighted by Crippen LogP contribution is 2.20. The minimum atomic E-state index is -0.955. The van der Waals surface area contributed by atoms with Gasteiger partial charge in [-0.15, -0.1) is 0 Å². The van der Waals surface area contributed by atoms with Crippen LogP contribution in [-0.4, -0.2) is 23.7 Å². The van der Waals surface area contributed by atoms with E-state index in [0.717, 1.165) is 12.1 Å². The van der Waals surface area contributed by atoms with E-state index in [9.17, 15) is 18.4 Å². The van der Waals surface area contributed by atoms with E-state index in [1.165, 1.54) is 22.6 Å². The average Bonchev–Trinajstić information content (AvgIpc) is 2.31. The summed E-state index contributed by atoms with van der Waals surface area (Å²) in [5, 5.41) is 13.0. The summed E-state index contributed by atoms with van der Waals surface area (Å²) in [5.41, 5.74) is -0.00819.